The molecule has 1 fully saturated rings. The summed E-state index contributed by atoms with van der Waals surface area (Å²) >= 11 is 1.21. The van der Waals surface area contributed by atoms with E-state index in [0.29, 0.717) is 18.5 Å². The Morgan fingerprint density at radius 2 is 2.05 bits per heavy atom. The third-order valence-electron chi connectivity index (χ3n) is 3.56. The number of rotatable bonds is 3. The Labute approximate surface area is 125 Å². The number of carbonyl (C=O) groups is 3. The summed E-state index contributed by atoms with van der Waals surface area (Å²) in [6, 6.07) is -1.11. The monoisotopic (exact) mass is 311 g/mol. The fourth-order valence-corrected chi connectivity index (χ4v) is 3.27. The molecule has 21 heavy (non-hydrogen) atoms. The maximum Gasteiger partial charge on any atom is 0.338 e. The van der Waals surface area contributed by atoms with Gasteiger partial charge in [0.15, 0.2) is 0 Å². The Balaban J connectivity index is 2.08. The molecule has 1 saturated heterocycles. The lowest BCUT2D eigenvalue weighted by molar-refractivity contribution is -0.128. The van der Waals surface area contributed by atoms with Crippen molar-refractivity contribution < 1.29 is 19.5 Å². The van der Waals surface area contributed by atoms with Crippen LogP contribution in [0.4, 0.5) is 9.80 Å². The molecule has 8 heteroatoms. The quantitative estimate of drug-likeness (QED) is 0.786. The molecule has 2 rings (SSSR count). The van der Waals surface area contributed by atoms with E-state index in [1.165, 1.54) is 11.3 Å². The third kappa shape index (κ3) is 2.99. The highest BCUT2D eigenvalue weighted by molar-refractivity contribution is 7.16. The van der Waals surface area contributed by atoms with Crippen LogP contribution in [-0.4, -0.2) is 47.5 Å². The van der Waals surface area contributed by atoms with Crippen molar-refractivity contribution in [3.05, 3.63) is 16.0 Å². The van der Waals surface area contributed by atoms with E-state index in [1.54, 1.807) is 25.8 Å². The van der Waals surface area contributed by atoms with Crippen LogP contribution in [0.25, 0.3) is 0 Å². The van der Waals surface area contributed by atoms with Gasteiger partial charge in [-0.25, -0.2) is 9.59 Å². The van der Waals surface area contributed by atoms with Crippen molar-refractivity contribution in [2.45, 2.75) is 26.3 Å². The molecular formula is C13H17N3O4S. The molecule has 0 aromatic carbocycles. The van der Waals surface area contributed by atoms with Crippen molar-refractivity contribution in [2.75, 3.05) is 18.9 Å². The molecule has 114 valence electrons. The van der Waals surface area contributed by atoms with Crippen LogP contribution in [0.2, 0.25) is 0 Å². The number of hydrogen-bond acceptors (Lipinski definition) is 4. The number of carbonyl (C=O) groups excluding carboxylic acids is 2. The number of amides is 3. The zero-order chi connectivity index (χ0) is 15.7. The summed E-state index contributed by atoms with van der Waals surface area (Å²) in [5.41, 5.74) is 0.738. The Morgan fingerprint density at radius 1 is 1.38 bits per heavy atom. The Hall–Kier alpha value is -2.09. The highest BCUT2D eigenvalue weighted by atomic mass is 32.1. The molecule has 1 aliphatic heterocycles. The predicted molar refractivity (Wildman–Crippen MR) is 78.9 cm³/mol. The molecule has 0 aliphatic carbocycles. The maximum atomic E-state index is 11.9. The number of likely N-dealkylation sites (N-methyl/N-ethyl adjacent to an activating group) is 1. The summed E-state index contributed by atoms with van der Waals surface area (Å²) < 4.78 is 0. The number of hydrogen-bond donors (Lipinski definition) is 3. The Morgan fingerprint density at radius 3 is 2.57 bits per heavy atom. The fourth-order valence-electron chi connectivity index (χ4n) is 2.23. The molecule has 2 heterocycles. The minimum atomic E-state index is -1.08. The number of likely N-dealkylation sites (tertiary alicyclic amines) is 1. The maximum absolute atomic E-state index is 11.9. The van der Waals surface area contributed by atoms with Gasteiger partial charge in [-0.3, -0.25) is 10.1 Å². The molecule has 1 aromatic heterocycles. The normalized spacial score (nSPS) is 18.0. The number of anilines is 1. The standard InChI is InChI=1S/C13H17N3O4S/c1-6-7(2)21-10(9(6)12(18)19)15-13(20)14-8-4-5-16(3)11(8)17/h8H,4-5H2,1-3H3,(H,18,19)(H2,14,15,20). The second-order valence-electron chi connectivity index (χ2n) is 4.99. The van der Waals surface area contributed by atoms with Gasteiger partial charge in [0.1, 0.15) is 11.0 Å². The largest absolute Gasteiger partial charge is 0.478 e. The third-order valence-corrected chi connectivity index (χ3v) is 4.68. The van der Waals surface area contributed by atoms with Crippen LogP contribution in [-0.2, 0) is 4.79 Å². The van der Waals surface area contributed by atoms with Gasteiger partial charge in [-0.2, -0.15) is 0 Å². The van der Waals surface area contributed by atoms with Crippen LogP contribution in [0.1, 0.15) is 27.2 Å². The van der Waals surface area contributed by atoms with Crippen molar-refractivity contribution in [3.63, 3.8) is 0 Å². The number of thiophene rings is 1. The summed E-state index contributed by atoms with van der Waals surface area (Å²) in [5, 5.41) is 14.6. The van der Waals surface area contributed by atoms with Gasteiger partial charge in [0.25, 0.3) is 0 Å². The minimum Gasteiger partial charge on any atom is -0.478 e. The summed E-state index contributed by atoms with van der Waals surface area (Å²) in [6.45, 7) is 4.10. The molecular weight excluding hydrogens is 294 g/mol. The summed E-state index contributed by atoms with van der Waals surface area (Å²) in [7, 11) is 1.68. The molecule has 7 nitrogen and oxygen atoms in total. The first-order valence-corrected chi connectivity index (χ1v) is 7.28. The molecule has 1 aliphatic rings. The van der Waals surface area contributed by atoms with Crippen molar-refractivity contribution in [2.24, 2.45) is 0 Å². The number of carboxylic acid groups (broad SMARTS) is 1. The average molecular weight is 311 g/mol. The first-order valence-electron chi connectivity index (χ1n) is 6.47. The van der Waals surface area contributed by atoms with Gasteiger partial charge >= 0.3 is 12.0 Å². The molecule has 0 radical (unpaired) electrons. The molecule has 1 atom stereocenters. The lowest BCUT2D eigenvalue weighted by Crippen LogP contribution is -2.42. The zero-order valence-electron chi connectivity index (χ0n) is 12.0. The Bertz CT molecular complexity index is 611. The number of urea groups is 1. The predicted octanol–water partition coefficient (Wildman–Crippen LogP) is 1.42. The topological polar surface area (TPSA) is 98.7 Å². The number of aromatic carboxylic acids is 1. The SMILES string of the molecule is Cc1sc(NC(=O)NC2CCN(C)C2=O)c(C(=O)O)c1C. The average Bonchev–Trinajstić information content (AvgIpc) is 2.84. The van der Waals surface area contributed by atoms with E-state index >= 15 is 0 Å². The lowest BCUT2D eigenvalue weighted by atomic mass is 10.1. The molecule has 0 spiro atoms. The smallest absolute Gasteiger partial charge is 0.338 e. The van der Waals surface area contributed by atoms with E-state index in [2.05, 4.69) is 10.6 Å². The number of nitrogens with zero attached hydrogens (tertiary/aromatic N) is 1. The van der Waals surface area contributed by atoms with Gasteiger partial charge in [-0.15, -0.1) is 11.3 Å². The first kappa shape index (κ1) is 15.3. The molecule has 3 N–H and O–H groups in total. The van der Waals surface area contributed by atoms with Crippen LogP contribution in [0.5, 0.6) is 0 Å². The number of nitrogens with one attached hydrogen (secondary N) is 2. The summed E-state index contributed by atoms with van der Waals surface area (Å²) in [6.07, 6.45) is 0.553. The van der Waals surface area contributed by atoms with Crippen molar-refractivity contribution >= 4 is 34.2 Å². The van der Waals surface area contributed by atoms with Crippen molar-refractivity contribution in [1.82, 2.24) is 10.2 Å². The van der Waals surface area contributed by atoms with E-state index in [0.717, 1.165) is 4.88 Å². The molecule has 0 bridgehead atoms. The van der Waals surface area contributed by atoms with E-state index in [4.69, 9.17) is 0 Å². The van der Waals surface area contributed by atoms with Gasteiger partial charge in [0.2, 0.25) is 5.91 Å². The summed E-state index contributed by atoms with van der Waals surface area (Å²) in [4.78, 5) is 37.3. The van der Waals surface area contributed by atoms with Gasteiger partial charge in [-0.1, -0.05) is 0 Å². The Kier molecular flexibility index (Phi) is 4.17. The lowest BCUT2D eigenvalue weighted by Gasteiger charge is -2.12. The van der Waals surface area contributed by atoms with Crippen LogP contribution in [0.3, 0.4) is 0 Å². The van der Waals surface area contributed by atoms with Crippen LogP contribution < -0.4 is 10.6 Å². The second kappa shape index (κ2) is 5.72. The minimum absolute atomic E-state index is 0.0996. The van der Waals surface area contributed by atoms with Gasteiger partial charge in [0.05, 0.1) is 5.56 Å². The number of aryl methyl sites for hydroxylation is 1. The molecule has 1 unspecified atom stereocenters. The van der Waals surface area contributed by atoms with Gasteiger partial charge in [-0.05, 0) is 25.8 Å². The van der Waals surface area contributed by atoms with E-state index in [-0.39, 0.29) is 16.5 Å². The van der Waals surface area contributed by atoms with E-state index in [9.17, 15) is 19.5 Å². The molecule has 0 saturated carbocycles. The molecule has 3 amide bonds. The van der Waals surface area contributed by atoms with Crippen LogP contribution in [0, 0.1) is 13.8 Å². The fraction of sp³-hybridized carbons (Fsp3) is 0.462. The highest BCUT2D eigenvalue weighted by Gasteiger charge is 2.30. The first-order chi connectivity index (χ1) is 9.81. The zero-order valence-corrected chi connectivity index (χ0v) is 12.8. The van der Waals surface area contributed by atoms with Crippen molar-refractivity contribution in [3.8, 4) is 0 Å². The van der Waals surface area contributed by atoms with E-state index < -0.39 is 18.0 Å². The molecule has 1 aromatic rings. The highest BCUT2D eigenvalue weighted by Crippen LogP contribution is 2.32. The van der Waals surface area contributed by atoms with E-state index in [1.807, 2.05) is 0 Å². The second-order valence-corrected chi connectivity index (χ2v) is 6.22. The number of carboxylic acids is 1. The summed E-state index contributed by atoms with van der Waals surface area (Å²) in [5.74, 6) is -1.22. The van der Waals surface area contributed by atoms with Crippen LogP contribution in [0.15, 0.2) is 0 Å². The van der Waals surface area contributed by atoms with Gasteiger partial charge < -0.3 is 15.3 Å². The van der Waals surface area contributed by atoms with Crippen LogP contribution >= 0.6 is 11.3 Å². The van der Waals surface area contributed by atoms with Gasteiger partial charge in [0, 0.05) is 18.5 Å². The van der Waals surface area contributed by atoms with Crippen molar-refractivity contribution in [1.29, 1.82) is 0 Å².